The molecule has 2 N–H and O–H groups in total. The molecule has 0 saturated heterocycles. The van der Waals surface area contributed by atoms with Gasteiger partial charge in [0.15, 0.2) is 5.13 Å². The Balaban J connectivity index is 1.39. The zero-order valence-corrected chi connectivity index (χ0v) is 18.0. The molecule has 4 aromatic rings. The summed E-state index contributed by atoms with van der Waals surface area (Å²) in [7, 11) is 1.74. The molecule has 10 heteroatoms. The summed E-state index contributed by atoms with van der Waals surface area (Å²) in [6, 6.07) is 12.2. The number of nitrogens with one attached hydrogen (secondary N) is 2. The Bertz CT molecular complexity index is 1270. The molecule has 0 atom stereocenters. The van der Waals surface area contributed by atoms with E-state index in [2.05, 4.69) is 15.3 Å². The number of aromatic amines is 1. The summed E-state index contributed by atoms with van der Waals surface area (Å²) in [5.74, 6) is -0.233. The van der Waals surface area contributed by atoms with Crippen molar-refractivity contribution in [2.75, 3.05) is 18.9 Å². The van der Waals surface area contributed by atoms with Gasteiger partial charge in [-0.3, -0.25) is 19.8 Å². The number of nitro benzene ring substituents is 1. The molecule has 0 fully saturated rings. The zero-order valence-electron chi connectivity index (χ0n) is 16.5. The number of para-hydroxylation sites is 1. The van der Waals surface area contributed by atoms with E-state index in [0.29, 0.717) is 22.3 Å². The van der Waals surface area contributed by atoms with Crippen molar-refractivity contribution in [1.82, 2.24) is 14.9 Å². The van der Waals surface area contributed by atoms with Crippen LogP contribution in [0.4, 0.5) is 10.8 Å². The van der Waals surface area contributed by atoms with E-state index >= 15 is 0 Å². The van der Waals surface area contributed by atoms with Crippen molar-refractivity contribution < 1.29 is 9.72 Å². The molecular formula is C21H18ClN5O3S. The molecule has 0 aliphatic carbocycles. The molecule has 1 amide bonds. The minimum Gasteiger partial charge on any atom is -0.360 e. The van der Waals surface area contributed by atoms with Gasteiger partial charge >= 0.3 is 0 Å². The Labute approximate surface area is 186 Å². The summed E-state index contributed by atoms with van der Waals surface area (Å²) in [5, 5.41) is 17.7. The summed E-state index contributed by atoms with van der Waals surface area (Å²) in [6.07, 6.45) is 1.90. The van der Waals surface area contributed by atoms with Gasteiger partial charge in [0.2, 0.25) is 5.91 Å². The highest BCUT2D eigenvalue weighted by atomic mass is 35.5. The highest BCUT2D eigenvalue weighted by Crippen LogP contribution is 2.31. The third-order valence-corrected chi connectivity index (χ3v) is 5.84. The molecule has 2 aromatic carbocycles. The minimum absolute atomic E-state index is 0.0372. The molecule has 0 spiro atoms. The summed E-state index contributed by atoms with van der Waals surface area (Å²) in [5.41, 5.74) is 3.34. The number of nitrogens with zero attached hydrogens (tertiary/aromatic N) is 3. The minimum atomic E-state index is -0.472. The molecule has 0 radical (unpaired) electrons. The van der Waals surface area contributed by atoms with Crippen LogP contribution in [-0.4, -0.2) is 39.3 Å². The number of halogens is 1. The van der Waals surface area contributed by atoms with Crippen LogP contribution in [0.5, 0.6) is 0 Å². The molecule has 8 nitrogen and oxygen atoms in total. The Hall–Kier alpha value is -3.27. The molecule has 2 heterocycles. The van der Waals surface area contributed by atoms with Crippen molar-refractivity contribution in [3.05, 3.63) is 74.7 Å². The molecule has 158 valence electrons. The van der Waals surface area contributed by atoms with E-state index in [0.717, 1.165) is 22.2 Å². The number of anilines is 1. The van der Waals surface area contributed by atoms with Gasteiger partial charge in [0.25, 0.3) is 5.69 Å². The number of carbonyl (C=O) groups excluding carboxylic acids is 1. The molecule has 4 rings (SSSR count). The third-order valence-electron chi connectivity index (χ3n) is 4.71. The zero-order chi connectivity index (χ0) is 22.0. The number of nitro groups is 1. The number of thiazole rings is 1. The first-order valence-corrected chi connectivity index (χ1v) is 10.6. The number of hydrogen-bond donors (Lipinski definition) is 2. The highest BCUT2D eigenvalue weighted by molar-refractivity contribution is 7.14. The average molecular weight is 456 g/mol. The van der Waals surface area contributed by atoms with E-state index in [1.165, 1.54) is 29.5 Å². The van der Waals surface area contributed by atoms with Crippen LogP contribution in [0, 0.1) is 10.1 Å². The summed E-state index contributed by atoms with van der Waals surface area (Å²) >= 11 is 7.50. The monoisotopic (exact) mass is 455 g/mol. The van der Waals surface area contributed by atoms with Gasteiger partial charge in [-0.15, -0.1) is 11.3 Å². The van der Waals surface area contributed by atoms with E-state index < -0.39 is 4.92 Å². The van der Waals surface area contributed by atoms with Crippen molar-refractivity contribution >= 4 is 50.6 Å². The SMILES string of the molecule is CN(CC(=O)Nc1nc(-c2c[nH]c3ccccc23)cs1)Cc1cc([N+](=O)[O-])ccc1Cl. The van der Waals surface area contributed by atoms with E-state index in [-0.39, 0.29) is 18.1 Å². The molecule has 0 aliphatic heterocycles. The van der Waals surface area contributed by atoms with Gasteiger partial charge in [0, 0.05) is 51.7 Å². The lowest BCUT2D eigenvalue weighted by atomic mass is 10.1. The molecule has 0 unspecified atom stereocenters. The summed E-state index contributed by atoms with van der Waals surface area (Å²) in [6.45, 7) is 0.382. The number of rotatable bonds is 7. The number of hydrogen-bond acceptors (Lipinski definition) is 6. The molecule has 2 aromatic heterocycles. The topological polar surface area (TPSA) is 104 Å². The highest BCUT2D eigenvalue weighted by Gasteiger charge is 2.15. The van der Waals surface area contributed by atoms with E-state index in [1.807, 2.05) is 35.8 Å². The fraction of sp³-hybridized carbons (Fsp3) is 0.143. The molecule has 31 heavy (non-hydrogen) atoms. The van der Waals surface area contributed by atoms with E-state index in [4.69, 9.17) is 11.6 Å². The predicted octanol–water partition coefficient (Wildman–Crippen LogP) is 4.92. The van der Waals surface area contributed by atoms with Gasteiger partial charge in [-0.25, -0.2) is 4.98 Å². The largest absolute Gasteiger partial charge is 0.360 e. The quantitative estimate of drug-likeness (QED) is 0.304. The molecule has 0 saturated carbocycles. The first-order valence-electron chi connectivity index (χ1n) is 9.34. The van der Waals surface area contributed by atoms with Crippen LogP contribution >= 0.6 is 22.9 Å². The van der Waals surface area contributed by atoms with Crippen LogP contribution in [0.2, 0.25) is 5.02 Å². The second kappa shape index (κ2) is 8.84. The Morgan fingerprint density at radius 2 is 2.13 bits per heavy atom. The number of non-ortho nitro benzene ring substituents is 1. The second-order valence-electron chi connectivity index (χ2n) is 7.04. The van der Waals surface area contributed by atoms with E-state index in [1.54, 1.807) is 11.9 Å². The Kier molecular flexibility index (Phi) is 5.99. The van der Waals surface area contributed by atoms with Crippen molar-refractivity contribution in [1.29, 1.82) is 0 Å². The number of fused-ring (bicyclic) bond motifs is 1. The number of H-pyrrole nitrogens is 1. The van der Waals surface area contributed by atoms with Crippen molar-refractivity contribution in [3.8, 4) is 11.3 Å². The average Bonchev–Trinajstić information content (AvgIpc) is 3.36. The lowest BCUT2D eigenvalue weighted by Crippen LogP contribution is -2.29. The van der Waals surface area contributed by atoms with Crippen LogP contribution in [0.3, 0.4) is 0 Å². The van der Waals surface area contributed by atoms with Gasteiger partial charge in [-0.05, 0) is 24.7 Å². The van der Waals surface area contributed by atoms with Crippen molar-refractivity contribution in [2.45, 2.75) is 6.54 Å². The normalized spacial score (nSPS) is 11.2. The first-order chi connectivity index (χ1) is 14.9. The van der Waals surface area contributed by atoms with Gasteiger partial charge in [-0.1, -0.05) is 29.8 Å². The Morgan fingerprint density at radius 1 is 1.32 bits per heavy atom. The van der Waals surface area contributed by atoms with Crippen LogP contribution < -0.4 is 5.32 Å². The molecular weight excluding hydrogens is 438 g/mol. The van der Waals surface area contributed by atoms with Crippen LogP contribution in [0.15, 0.2) is 54.0 Å². The van der Waals surface area contributed by atoms with Gasteiger partial charge in [0.1, 0.15) is 0 Å². The molecule has 0 bridgehead atoms. The number of carbonyl (C=O) groups is 1. The maximum Gasteiger partial charge on any atom is 0.269 e. The van der Waals surface area contributed by atoms with E-state index in [9.17, 15) is 14.9 Å². The lowest BCUT2D eigenvalue weighted by Gasteiger charge is -2.16. The Morgan fingerprint density at radius 3 is 2.94 bits per heavy atom. The number of likely N-dealkylation sites (N-methyl/N-ethyl adjacent to an activating group) is 1. The smallest absolute Gasteiger partial charge is 0.269 e. The van der Waals surface area contributed by atoms with Gasteiger partial charge in [0.05, 0.1) is 17.2 Å². The van der Waals surface area contributed by atoms with Crippen molar-refractivity contribution in [2.24, 2.45) is 0 Å². The lowest BCUT2D eigenvalue weighted by molar-refractivity contribution is -0.384. The van der Waals surface area contributed by atoms with Gasteiger partial charge < -0.3 is 10.3 Å². The number of benzene rings is 2. The number of aromatic nitrogens is 2. The maximum atomic E-state index is 12.4. The predicted molar refractivity (Wildman–Crippen MR) is 122 cm³/mol. The fourth-order valence-electron chi connectivity index (χ4n) is 3.28. The van der Waals surface area contributed by atoms with Gasteiger partial charge in [-0.2, -0.15) is 0 Å². The summed E-state index contributed by atoms with van der Waals surface area (Å²) in [4.78, 5) is 32.4. The standard InChI is InChI=1S/C21H18ClN5O3S/c1-26(10-13-8-14(27(29)30)6-7-17(13)22)11-20(28)25-21-24-19(12-31-21)16-9-23-18-5-3-2-4-15(16)18/h2-9,12,23H,10-11H2,1H3,(H,24,25,28). The van der Waals surface area contributed by atoms with Crippen LogP contribution in [0.1, 0.15) is 5.56 Å². The molecule has 0 aliphatic rings. The van der Waals surface area contributed by atoms with Crippen LogP contribution in [0.25, 0.3) is 22.2 Å². The van der Waals surface area contributed by atoms with Crippen LogP contribution in [-0.2, 0) is 11.3 Å². The number of amides is 1. The van der Waals surface area contributed by atoms with Crippen molar-refractivity contribution in [3.63, 3.8) is 0 Å². The fourth-order valence-corrected chi connectivity index (χ4v) is 4.19. The maximum absolute atomic E-state index is 12.4. The third kappa shape index (κ3) is 4.74. The second-order valence-corrected chi connectivity index (χ2v) is 8.30. The summed E-state index contributed by atoms with van der Waals surface area (Å²) < 4.78 is 0. The first kappa shape index (κ1) is 21.0.